The summed E-state index contributed by atoms with van der Waals surface area (Å²) >= 11 is 0. The van der Waals surface area contributed by atoms with Crippen molar-refractivity contribution in [3.8, 4) is 11.5 Å². The maximum absolute atomic E-state index is 11.1. The van der Waals surface area contributed by atoms with Gasteiger partial charge in [-0.1, -0.05) is 24.3 Å². The van der Waals surface area contributed by atoms with E-state index in [1.807, 2.05) is 32.0 Å². The molecule has 18 heavy (non-hydrogen) atoms. The molecule has 0 unspecified atom stereocenters. The molecule has 3 nitrogen and oxygen atoms in total. The van der Waals surface area contributed by atoms with E-state index < -0.39 is 5.97 Å². The van der Waals surface area contributed by atoms with Crippen molar-refractivity contribution >= 4 is 5.97 Å². The van der Waals surface area contributed by atoms with Crippen LogP contribution in [0.1, 0.15) is 21.5 Å². The maximum Gasteiger partial charge on any atom is 0.339 e. The number of benzene rings is 2. The van der Waals surface area contributed by atoms with Gasteiger partial charge in [0, 0.05) is 0 Å². The van der Waals surface area contributed by atoms with E-state index in [4.69, 9.17) is 9.84 Å². The maximum atomic E-state index is 11.1. The van der Waals surface area contributed by atoms with Crippen LogP contribution in [0.2, 0.25) is 0 Å². The van der Waals surface area contributed by atoms with Crippen LogP contribution >= 0.6 is 0 Å². The Morgan fingerprint density at radius 1 is 1.06 bits per heavy atom. The van der Waals surface area contributed by atoms with E-state index in [0.29, 0.717) is 11.5 Å². The summed E-state index contributed by atoms with van der Waals surface area (Å²) in [5.41, 5.74) is 2.21. The van der Waals surface area contributed by atoms with Gasteiger partial charge in [-0.25, -0.2) is 4.79 Å². The van der Waals surface area contributed by atoms with Gasteiger partial charge in [0.25, 0.3) is 0 Å². The number of carboxylic acid groups (broad SMARTS) is 1. The summed E-state index contributed by atoms with van der Waals surface area (Å²) in [6.45, 7) is 3.90. The summed E-state index contributed by atoms with van der Waals surface area (Å²) in [6.07, 6.45) is 0. The van der Waals surface area contributed by atoms with Crippen LogP contribution in [0, 0.1) is 13.8 Å². The first-order valence-corrected chi connectivity index (χ1v) is 5.65. The van der Waals surface area contributed by atoms with Gasteiger partial charge in [0.1, 0.15) is 17.1 Å². The molecule has 0 aliphatic carbocycles. The first-order chi connectivity index (χ1) is 8.58. The van der Waals surface area contributed by atoms with Crippen molar-refractivity contribution < 1.29 is 14.6 Å². The molecule has 0 atom stereocenters. The molecule has 0 aliphatic heterocycles. The van der Waals surface area contributed by atoms with Crippen LogP contribution in [0.4, 0.5) is 0 Å². The van der Waals surface area contributed by atoms with Crippen molar-refractivity contribution in [2.24, 2.45) is 0 Å². The van der Waals surface area contributed by atoms with Crippen LogP contribution in [0.3, 0.4) is 0 Å². The summed E-state index contributed by atoms with van der Waals surface area (Å²) in [5.74, 6) is 0.0540. The summed E-state index contributed by atoms with van der Waals surface area (Å²) in [4.78, 5) is 11.1. The third-order valence-corrected chi connectivity index (χ3v) is 2.68. The zero-order valence-electron chi connectivity index (χ0n) is 10.3. The lowest BCUT2D eigenvalue weighted by atomic mass is 10.1. The Hall–Kier alpha value is -2.29. The van der Waals surface area contributed by atoms with Crippen LogP contribution in [0.25, 0.3) is 0 Å². The standard InChI is InChI=1S/C15H14O3/c1-10-7-8-11(2)14(9-10)18-13-6-4-3-5-12(13)15(16)17/h3-9H,1-2H3,(H,16,17). The molecule has 0 aliphatic rings. The van der Waals surface area contributed by atoms with Crippen molar-refractivity contribution in [3.05, 3.63) is 59.2 Å². The molecule has 0 spiro atoms. The minimum absolute atomic E-state index is 0.165. The second-order valence-corrected chi connectivity index (χ2v) is 4.17. The van der Waals surface area contributed by atoms with Crippen LogP contribution in [-0.4, -0.2) is 11.1 Å². The zero-order valence-corrected chi connectivity index (χ0v) is 10.3. The number of rotatable bonds is 3. The molecule has 3 heteroatoms. The second-order valence-electron chi connectivity index (χ2n) is 4.17. The number of hydrogen-bond acceptors (Lipinski definition) is 2. The second kappa shape index (κ2) is 4.92. The third kappa shape index (κ3) is 2.51. The van der Waals surface area contributed by atoms with Gasteiger partial charge in [-0.3, -0.25) is 0 Å². The average molecular weight is 242 g/mol. The quantitative estimate of drug-likeness (QED) is 0.890. The Labute approximate surface area is 106 Å². The van der Waals surface area contributed by atoms with Gasteiger partial charge < -0.3 is 9.84 Å². The molecule has 0 aromatic heterocycles. The lowest BCUT2D eigenvalue weighted by molar-refractivity contribution is 0.0694. The summed E-state index contributed by atoms with van der Waals surface area (Å²) in [6, 6.07) is 12.5. The number of para-hydroxylation sites is 1. The van der Waals surface area contributed by atoms with Gasteiger partial charge in [0.05, 0.1) is 0 Å². The van der Waals surface area contributed by atoms with E-state index in [0.717, 1.165) is 11.1 Å². The van der Waals surface area contributed by atoms with Crippen LogP contribution < -0.4 is 4.74 Å². The fraction of sp³-hybridized carbons (Fsp3) is 0.133. The van der Waals surface area contributed by atoms with E-state index in [9.17, 15) is 4.79 Å². The Morgan fingerprint density at radius 3 is 2.50 bits per heavy atom. The van der Waals surface area contributed by atoms with E-state index in [1.165, 1.54) is 6.07 Å². The SMILES string of the molecule is Cc1ccc(C)c(Oc2ccccc2C(=O)O)c1. The topological polar surface area (TPSA) is 46.5 Å². The molecular formula is C15H14O3. The summed E-state index contributed by atoms with van der Waals surface area (Å²) in [7, 11) is 0. The van der Waals surface area contributed by atoms with Crippen molar-refractivity contribution in [2.45, 2.75) is 13.8 Å². The number of carbonyl (C=O) groups is 1. The highest BCUT2D eigenvalue weighted by atomic mass is 16.5. The van der Waals surface area contributed by atoms with E-state index in [1.54, 1.807) is 18.2 Å². The first kappa shape index (κ1) is 12.2. The monoisotopic (exact) mass is 242 g/mol. The summed E-state index contributed by atoms with van der Waals surface area (Å²) < 4.78 is 5.70. The molecule has 92 valence electrons. The average Bonchev–Trinajstić information content (AvgIpc) is 2.34. The number of ether oxygens (including phenoxy) is 1. The fourth-order valence-electron chi connectivity index (χ4n) is 1.67. The van der Waals surface area contributed by atoms with Gasteiger partial charge >= 0.3 is 5.97 Å². The highest BCUT2D eigenvalue weighted by Gasteiger charge is 2.11. The highest BCUT2D eigenvalue weighted by Crippen LogP contribution is 2.28. The highest BCUT2D eigenvalue weighted by molar-refractivity contribution is 5.90. The Morgan fingerprint density at radius 2 is 1.78 bits per heavy atom. The Kier molecular flexibility index (Phi) is 3.33. The van der Waals surface area contributed by atoms with E-state index >= 15 is 0 Å². The molecule has 2 rings (SSSR count). The predicted molar refractivity (Wildman–Crippen MR) is 69.4 cm³/mol. The van der Waals surface area contributed by atoms with Crippen molar-refractivity contribution in [1.82, 2.24) is 0 Å². The number of hydrogen-bond donors (Lipinski definition) is 1. The van der Waals surface area contributed by atoms with Crippen LogP contribution in [0.15, 0.2) is 42.5 Å². The molecule has 1 N–H and O–H groups in total. The normalized spacial score (nSPS) is 10.1. The molecule has 0 amide bonds. The minimum atomic E-state index is -0.990. The number of aromatic carboxylic acids is 1. The first-order valence-electron chi connectivity index (χ1n) is 5.65. The molecule has 0 saturated heterocycles. The van der Waals surface area contributed by atoms with Gasteiger partial charge in [0.2, 0.25) is 0 Å². The lowest BCUT2D eigenvalue weighted by Gasteiger charge is -2.11. The fourth-order valence-corrected chi connectivity index (χ4v) is 1.67. The minimum Gasteiger partial charge on any atom is -0.478 e. The molecule has 2 aromatic carbocycles. The molecule has 0 bridgehead atoms. The van der Waals surface area contributed by atoms with E-state index in [-0.39, 0.29) is 5.56 Å². The Balaban J connectivity index is 2.40. The van der Waals surface area contributed by atoms with Gasteiger partial charge in [-0.15, -0.1) is 0 Å². The van der Waals surface area contributed by atoms with Gasteiger partial charge in [-0.2, -0.15) is 0 Å². The molecule has 0 radical (unpaired) electrons. The van der Waals surface area contributed by atoms with Crippen LogP contribution in [-0.2, 0) is 0 Å². The molecule has 2 aromatic rings. The molecular weight excluding hydrogens is 228 g/mol. The number of carboxylic acids is 1. The molecule has 0 heterocycles. The predicted octanol–water partition coefficient (Wildman–Crippen LogP) is 3.79. The number of aryl methyl sites for hydroxylation is 2. The van der Waals surface area contributed by atoms with Crippen molar-refractivity contribution in [1.29, 1.82) is 0 Å². The lowest BCUT2D eigenvalue weighted by Crippen LogP contribution is -2.00. The van der Waals surface area contributed by atoms with Crippen molar-refractivity contribution in [3.63, 3.8) is 0 Å². The molecule has 0 saturated carbocycles. The largest absolute Gasteiger partial charge is 0.478 e. The third-order valence-electron chi connectivity index (χ3n) is 2.68. The van der Waals surface area contributed by atoms with E-state index in [2.05, 4.69) is 0 Å². The van der Waals surface area contributed by atoms with Gasteiger partial charge in [0.15, 0.2) is 0 Å². The zero-order chi connectivity index (χ0) is 13.1. The molecule has 0 fully saturated rings. The Bertz CT molecular complexity index is 588. The summed E-state index contributed by atoms with van der Waals surface area (Å²) in [5, 5.41) is 9.09. The van der Waals surface area contributed by atoms with Crippen LogP contribution in [0.5, 0.6) is 11.5 Å². The van der Waals surface area contributed by atoms with Gasteiger partial charge in [-0.05, 0) is 43.2 Å². The smallest absolute Gasteiger partial charge is 0.339 e. The van der Waals surface area contributed by atoms with Crippen molar-refractivity contribution in [2.75, 3.05) is 0 Å².